The number of hydrogen-bond acceptors (Lipinski definition) is 1. The van der Waals surface area contributed by atoms with Crippen molar-refractivity contribution in [1.82, 2.24) is 5.32 Å². The van der Waals surface area contributed by atoms with Crippen molar-refractivity contribution in [2.45, 2.75) is 38.6 Å². The van der Waals surface area contributed by atoms with E-state index < -0.39 is 0 Å². The SMILES string of the molecule is Cc1ccccc1C(=O)N[C@H]1C[C@@H]2CC[C@H]1C2. The van der Waals surface area contributed by atoms with Gasteiger partial charge in [-0.15, -0.1) is 0 Å². The van der Waals surface area contributed by atoms with E-state index in [9.17, 15) is 4.79 Å². The van der Waals surface area contributed by atoms with Crippen LogP contribution in [0.3, 0.4) is 0 Å². The number of fused-ring (bicyclic) bond motifs is 2. The van der Waals surface area contributed by atoms with Gasteiger partial charge in [-0.25, -0.2) is 0 Å². The molecule has 0 heterocycles. The molecule has 0 unspecified atom stereocenters. The van der Waals surface area contributed by atoms with Gasteiger partial charge in [-0.2, -0.15) is 0 Å². The van der Waals surface area contributed by atoms with Crippen LogP contribution in [0, 0.1) is 18.8 Å². The zero-order valence-corrected chi connectivity index (χ0v) is 10.3. The number of nitrogens with one attached hydrogen (secondary N) is 1. The van der Waals surface area contributed by atoms with Gasteiger partial charge >= 0.3 is 0 Å². The van der Waals surface area contributed by atoms with Crippen LogP contribution in [0.15, 0.2) is 24.3 Å². The predicted molar refractivity (Wildman–Crippen MR) is 67.9 cm³/mol. The zero-order valence-electron chi connectivity index (χ0n) is 10.3. The fourth-order valence-electron chi connectivity index (χ4n) is 3.50. The lowest BCUT2D eigenvalue weighted by Crippen LogP contribution is -2.38. The lowest BCUT2D eigenvalue weighted by molar-refractivity contribution is 0.0922. The third kappa shape index (κ3) is 1.97. The molecule has 0 aromatic heterocycles. The van der Waals surface area contributed by atoms with Crippen LogP contribution >= 0.6 is 0 Å². The highest BCUT2D eigenvalue weighted by Gasteiger charge is 2.40. The average Bonchev–Trinajstić information content (AvgIpc) is 2.91. The molecule has 0 saturated heterocycles. The molecule has 17 heavy (non-hydrogen) atoms. The lowest BCUT2D eigenvalue weighted by atomic mass is 9.95. The van der Waals surface area contributed by atoms with Gasteiger partial charge in [0.2, 0.25) is 0 Å². The van der Waals surface area contributed by atoms with Gasteiger partial charge in [-0.05, 0) is 49.7 Å². The number of carbonyl (C=O) groups excluding carboxylic acids is 1. The van der Waals surface area contributed by atoms with E-state index in [2.05, 4.69) is 5.32 Å². The van der Waals surface area contributed by atoms with Gasteiger partial charge in [-0.3, -0.25) is 4.79 Å². The Bertz CT molecular complexity index is 440. The van der Waals surface area contributed by atoms with E-state index in [-0.39, 0.29) is 5.91 Å². The molecule has 2 aliphatic carbocycles. The smallest absolute Gasteiger partial charge is 0.251 e. The molecule has 2 saturated carbocycles. The average molecular weight is 229 g/mol. The summed E-state index contributed by atoms with van der Waals surface area (Å²) < 4.78 is 0. The number of aryl methyl sites for hydroxylation is 1. The first-order chi connectivity index (χ1) is 8.24. The topological polar surface area (TPSA) is 29.1 Å². The van der Waals surface area contributed by atoms with Gasteiger partial charge in [0.15, 0.2) is 0 Å². The summed E-state index contributed by atoms with van der Waals surface area (Å²) in [5, 5.41) is 3.23. The fourth-order valence-corrected chi connectivity index (χ4v) is 3.50. The molecule has 0 radical (unpaired) electrons. The monoisotopic (exact) mass is 229 g/mol. The van der Waals surface area contributed by atoms with Crippen LogP contribution in [0.25, 0.3) is 0 Å². The maximum Gasteiger partial charge on any atom is 0.251 e. The molecule has 1 N–H and O–H groups in total. The van der Waals surface area contributed by atoms with Crippen LogP contribution in [0.4, 0.5) is 0 Å². The zero-order chi connectivity index (χ0) is 11.8. The van der Waals surface area contributed by atoms with Crippen molar-refractivity contribution in [3.05, 3.63) is 35.4 Å². The van der Waals surface area contributed by atoms with Crippen LogP contribution in [0.2, 0.25) is 0 Å². The molecule has 2 aliphatic rings. The van der Waals surface area contributed by atoms with Gasteiger partial charge in [-0.1, -0.05) is 24.6 Å². The van der Waals surface area contributed by atoms with Crippen molar-refractivity contribution in [2.75, 3.05) is 0 Å². The third-order valence-electron chi connectivity index (χ3n) is 4.44. The van der Waals surface area contributed by atoms with Gasteiger partial charge in [0, 0.05) is 11.6 Å². The molecule has 1 aromatic rings. The number of hydrogen-bond donors (Lipinski definition) is 1. The summed E-state index contributed by atoms with van der Waals surface area (Å²) in [5.74, 6) is 1.73. The summed E-state index contributed by atoms with van der Waals surface area (Å²) in [6, 6.07) is 8.25. The van der Waals surface area contributed by atoms with Crippen molar-refractivity contribution >= 4 is 5.91 Å². The molecular formula is C15H19NO. The summed E-state index contributed by atoms with van der Waals surface area (Å²) in [6.45, 7) is 2.00. The molecule has 2 bridgehead atoms. The Morgan fingerprint density at radius 2 is 2.06 bits per heavy atom. The molecule has 90 valence electrons. The van der Waals surface area contributed by atoms with E-state index in [1.165, 1.54) is 25.7 Å². The quantitative estimate of drug-likeness (QED) is 0.830. The summed E-state index contributed by atoms with van der Waals surface area (Å²) >= 11 is 0. The maximum atomic E-state index is 12.2. The molecule has 2 nitrogen and oxygen atoms in total. The van der Waals surface area contributed by atoms with Crippen molar-refractivity contribution in [1.29, 1.82) is 0 Å². The molecule has 3 rings (SSSR count). The van der Waals surface area contributed by atoms with Gasteiger partial charge < -0.3 is 5.32 Å². The molecule has 0 aliphatic heterocycles. The number of benzene rings is 1. The highest BCUT2D eigenvalue weighted by Crippen LogP contribution is 2.44. The van der Waals surface area contributed by atoms with Crippen LogP contribution in [-0.2, 0) is 0 Å². The summed E-state index contributed by atoms with van der Waals surface area (Å²) in [6.07, 6.45) is 5.21. The van der Waals surface area contributed by atoms with E-state index in [4.69, 9.17) is 0 Å². The van der Waals surface area contributed by atoms with E-state index in [1.54, 1.807) is 0 Å². The normalized spacial score (nSPS) is 30.5. The minimum absolute atomic E-state index is 0.112. The molecule has 0 spiro atoms. The van der Waals surface area contributed by atoms with Crippen LogP contribution in [0.5, 0.6) is 0 Å². The van der Waals surface area contributed by atoms with E-state index in [0.29, 0.717) is 6.04 Å². The summed E-state index contributed by atoms with van der Waals surface area (Å²) in [5.41, 5.74) is 1.89. The minimum Gasteiger partial charge on any atom is -0.349 e. The van der Waals surface area contributed by atoms with Gasteiger partial charge in [0.1, 0.15) is 0 Å². The number of amides is 1. The van der Waals surface area contributed by atoms with Crippen molar-refractivity contribution in [2.24, 2.45) is 11.8 Å². The third-order valence-corrected chi connectivity index (χ3v) is 4.44. The lowest BCUT2D eigenvalue weighted by Gasteiger charge is -2.23. The molecule has 1 amide bonds. The van der Waals surface area contributed by atoms with E-state index in [1.807, 2.05) is 31.2 Å². The first kappa shape index (κ1) is 10.8. The second-order valence-electron chi connectivity index (χ2n) is 5.57. The van der Waals surface area contributed by atoms with Crippen LogP contribution in [-0.4, -0.2) is 11.9 Å². The van der Waals surface area contributed by atoms with Crippen molar-refractivity contribution in [3.8, 4) is 0 Å². The Hall–Kier alpha value is -1.31. The largest absolute Gasteiger partial charge is 0.349 e. The first-order valence-corrected chi connectivity index (χ1v) is 6.60. The molecule has 3 atom stereocenters. The standard InChI is InChI=1S/C15H19NO/c1-10-4-2-3-5-13(10)15(17)16-14-9-11-6-7-12(14)8-11/h2-5,11-12,14H,6-9H2,1H3,(H,16,17)/t11-,12+,14+/m1/s1. The van der Waals surface area contributed by atoms with E-state index >= 15 is 0 Å². The van der Waals surface area contributed by atoms with Crippen LogP contribution in [0.1, 0.15) is 41.6 Å². The highest BCUT2D eigenvalue weighted by molar-refractivity contribution is 5.95. The van der Waals surface area contributed by atoms with Crippen molar-refractivity contribution < 1.29 is 4.79 Å². The van der Waals surface area contributed by atoms with Gasteiger partial charge in [0.25, 0.3) is 5.91 Å². The number of carbonyl (C=O) groups is 1. The Morgan fingerprint density at radius 3 is 2.71 bits per heavy atom. The summed E-state index contributed by atoms with van der Waals surface area (Å²) in [7, 11) is 0. The Labute approximate surface area is 102 Å². The minimum atomic E-state index is 0.112. The Kier molecular flexibility index (Phi) is 2.65. The number of rotatable bonds is 2. The van der Waals surface area contributed by atoms with Gasteiger partial charge in [0.05, 0.1) is 0 Å². The fraction of sp³-hybridized carbons (Fsp3) is 0.533. The molecule has 2 heteroatoms. The highest BCUT2D eigenvalue weighted by atomic mass is 16.1. The molecular weight excluding hydrogens is 210 g/mol. The van der Waals surface area contributed by atoms with E-state index in [0.717, 1.165) is 23.0 Å². The van der Waals surface area contributed by atoms with Crippen LogP contribution < -0.4 is 5.32 Å². The molecule has 2 fully saturated rings. The maximum absolute atomic E-state index is 12.2. The second-order valence-corrected chi connectivity index (χ2v) is 5.57. The predicted octanol–water partition coefficient (Wildman–Crippen LogP) is 2.91. The molecule has 1 aromatic carbocycles. The van der Waals surface area contributed by atoms with Crippen molar-refractivity contribution in [3.63, 3.8) is 0 Å². The Balaban J connectivity index is 1.70. The summed E-state index contributed by atoms with van der Waals surface area (Å²) in [4.78, 5) is 12.2. The Morgan fingerprint density at radius 1 is 1.24 bits per heavy atom. The second kappa shape index (κ2) is 4.17. The first-order valence-electron chi connectivity index (χ1n) is 6.60.